The minimum absolute atomic E-state index is 0.0628. The van der Waals surface area contributed by atoms with Crippen molar-refractivity contribution < 1.29 is 28.6 Å². The number of hydrogen-bond acceptors (Lipinski definition) is 6. The molecule has 0 heterocycles. The molecule has 0 N–H and O–H groups in total. The molecule has 0 aromatic carbocycles. The van der Waals surface area contributed by atoms with Gasteiger partial charge in [-0.2, -0.15) is 0 Å². The second kappa shape index (κ2) is 55.2. The fourth-order valence-corrected chi connectivity index (χ4v) is 9.88. The molecule has 6 heteroatoms. The third-order valence-electron chi connectivity index (χ3n) is 14.6. The van der Waals surface area contributed by atoms with Gasteiger partial charge in [0.1, 0.15) is 13.2 Å². The SMILES string of the molecule is CC(C)CCCCCCCCCCCCCCCCCCCCC(=O)O[C@H](COC(=O)CCCCCCCCCCCCCCCC(C)C)COC(=O)CCCCCCCCCCCCCCC(C)C. The summed E-state index contributed by atoms with van der Waals surface area (Å²) in [6.07, 6.45) is 59.6. The highest BCUT2D eigenvalue weighted by Crippen LogP contribution is 2.19. The van der Waals surface area contributed by atoms with Gasteiger partial charge in [0.15, 0.2) is 6.10 Å². The van der Waals surface area contributed by atoms with E-state index in [1.807, 2.05) is 0 Å². The Labute approximate surface area is 438 Å². The highest BCUT2D eigenvalue weighted by atomic mass is 16.6. The van der Waals surface area contributed by atoms with E-state index in [4.69, 9.17) is 14.2 Å². The minimum atomic E-state index is -0.764. The van der Waals surface area contributed by atoms with Crippen LogP contribution in [0.3, 0.4) is 0 Å². The van der Waals surface area contributed by atoms with Gasteiger partial charge in [-0.25, -0.2) is 0 Å². The van der Waals surface area contributed by atoms with Crippen molar-refractivity contribution >= 4 is 17.9 Å². The van der Waals surface area contributed by atoms with Crippen molar-refractivity contribution in [1.29, 1.82) is 0 Å². The normalized spacial score (nSPS) is 12.1. The molecule has 0 fully saturated rings. The molecule has 0 amide bonds. The molecule has 0 aromatic rings. The third kappa shape index (κ3) is 57.3. The fraction of sp³-hybridized carbons (Fsp3) is 0.953. The summed E-state index contributed by atoms with van der Waals surface area (Å²) in [4.78, 5) is 38.3. The molecule has 0 aliphatic carbocycles. The molecule has 0 aliphatic rings. The van der Waals surface area contributed by atoms with Crippen LogP contribution in [0.15, 0.2) is 0 Å². The lowest BCUT2D eigenvalue weighted by molar-refractivity contribution is -0.167. The number of ether oxygens (including phenoxy) is 3. The van der Waals surface area contributed by atoms with E-state index in [1.165, 1.54) is 238 Å². The Morgan fingerprint density at radius 1 is 0.243 bits per heavy atom. The highest BCUT2D eigenvalue weighted by Gasteiger charge is 2.19. The summed E-state index contributed by atoms with van der Waals surface area (Å²) in [5.74, 6) is 1.69. The molecular weight excluding hydrogens is 865 g/mol. The number of carbonyl (C=O) groups excluding carboxylic acids is 3. The van der Waals surface area contributed by atoms with E-state index in [2.05, 4.69) is 41.5 Å². The van der Waals surface area contributed by atoms with Gasteiger partial charge < -0.3 is 14.2 Å². The quantitative estimate of drug-likeness (QED) is 0.0343. The zero-order valence-electron chi connectivity index (χ0n) is 48.3. The van der Waals surface area contributed by atoms with Crippen LogP contribution in [0.5, 0.6) is 0 Å². The van der Waals surface area contributed by atoms with Gasteiger partial charge >= 0.3 is 17.9 Å². The van der Waals surface area contributed by atoms with Crippen molar-refractivity contribution in [2.75, 3.05) is 13.2 Å². The van der Waals surface area contributed by atoms with Gasteiger partial charge in [0.25, 0.3) is 0 Å². The Hall–Kier alpha value is -1.59. The fourth-order valence-electron chi connectivity index (χ4n) is 9.88. The Kier molecular flexibility index (Phi) is 53.9. The third-order valence-corrected chi connectivity index (χ3v) is 14.6. The Morgan fingerprint density at radius 2 is 0.414 bits per heavy atom. The first-order valence-corrected chi connectivity index (χ1v) is 31.6. The highest BCUT2D eigenvalue weighted by molar-refractivity contribution is 5.71. The first-order chi connectivity index (χ1) is 34.1. The molecule has 1 atom stereocenters. The summed E-state index contributed by atoms with van der Waals surface area (Å²) in [6, 6.07) is 0. The molecule has 70 heavy (non-hydrogen) atoms. The molecule has 0 aromatic heterocycles. The maximum Gasteiger partial charge on any atom is 0.306 e. The summed E-state index contributed by atoms with van der Waals surface area (Å²) >= 11 is 0. The molecule has 0 spiro atoms. The molecule has 0 unspecified atom stereocenters. The molecule has 0 saturated heterocycles. The van der Waals surface area contributed by atoms with Crippen molar-refractivity contribution in [3.63, 3.8) is 0 Å². The second-order valence-corrected chi connectivity index (χ2v) is 23.5. The van der Waals surface area contributed by atoms with E-state index >= 15 is 0 Å². The Morgan fingerprint density at radius 3 is 0.614 bits per heavy atom. The molecule has 6 nitrogen and oxygen atoms in total. The summed E-state index contributed by atoms with van der Waals surface area (Å²) in [5.41, 5.74) is 0. The van der Waals surface area contributed by atoms with Crippen molar-refractivity contribution in [3.05, 3.63) is 0 Å². The lowest BCUT2D eigenvalue weighted by Gasteiger charge is -2.18. The maximum atomic E-state index is 12.9. The average Bonchev–Trinajstić information content (AvgIpc) is 3.32. The molecule has 0 rings (SSSR count). The first-order valence-electron chi connectivity index (χ1n) is 31.6. The Balaban J connectivity index is 4.28. The summed E-state index contributed by atoms with van der Waals surface area (Å²) in [7, 11) is 0. The van der Waals surface area contributed by atoms with Gasteiger partial charge in [-0.15, -0.1) is 0 Å². The first kappa shape index (κ1) is 68.4. The number of rotatable bonds is 57. The number of hydrogen-bond donors (Lipinski definition) is 0. The average molecular weight is 990 g/mol. The predicted octanol–water partition coefficient (Wildman–Crippen LogP) is 21.1. The maximum absolute atomic E-state index is 12.9. The summed E-state index contributed by atoms with van der Waals surface area (Å²) in [6.45, 7) is 13.8. The molecule has 0 aliphatic heterocycles. The zero-order chi connectivity index (χ0) is 51.2. The smallest absolute Gasteiger partial charge is 0.306 e. The van der Waals surface area contributed by atoms with E-state index in [9.17, 15) is 14.4 Å². The van der Waals surface area contributed by atoms with Crippen LogP contribution in [0.2, 0.25) is 0 Å². The van der Waals surface area contributed by atoms with E-state index in [1.54, 1.807) is 0 Å². The number of carbonyl (C=O) groups is 3. The van der Waals surface area contributed by atoms with Crippen LogP contribution in [-0.2, 0) is 28.6 Å². The van der Waals surface area contributed by atoms with Gasteiger partial charge in [0, 0.05) is 19.3 Å². The van der Waals surface area contributed by atoms with Crippen LogP contribution in [0.4, 0.5) is 0 Å². The minimum Gasteiger partial charge on any atom is -0.462 e. The van der Waals surface area contributed by atoms with E-state index in [-0.39, 0.29) is 31.1 Å². The van der Waals surface area contributed by atoms with Gasteiger partial charge in [0.05, 0.1) is 0 Å². The predicted molar refractivity (Wildman–Crippen MR) is 303 cm³/mol. The molecular formula is C64H124O6. The van der Waals surface area contributed by atoms with Gasteiger partial charge in [-0.3, -0.25) is 14.4 Å². The van der Waals surface area contributed by atoms with Crippen LogP contribution < -0.4 is 0 Å². The van der Waals surface area contributed by atoms with Gasteiger partial charge in [-0.1, -0.05) is 318 Å². The molecule has 0 saturated carbocycles. The topological polar surface area (TPSA) is 78.9 Å². The number of unbranched alkanes of at least 4 members (excludes halogenated alkanes) is 40. The van der Waals surface area contributed by atoms with Crippen molar-refractivity contribution in [1.82, 2.24) is 0 Å². The van der Waals surface area contributed by atoms with Crippen LogP contribution in [0, 0.1) is 17.8 Å². The van der Waals surface area contributed by atoms with Crippen LogP contribution >= 0.6 is 0 Å². The van der Waals surface area contributed by atoms with Crippen LogP contribution in [0.25, 0.3) is 0 Å². The lowest BCUT2D eigenvalue weighted by Crippen LogP contribution is -2.30. The largest absolute Gasteiger partial charge is 0.462 e. The van der Waals surface area contributed by atoms with Gasteiger partial charge in [0.2, 0.25) is 0 Å². The van der Waals surface area contributed by atoms with Crippen LogP contribution in [-0.4, -0.2) is 37.2 Å². The van der Waals surface area contributed by atoms with Gasteiger partial charge in [-0.05, 0) is 37.0 Å². The Bertz CT molecular complexity index is 1090. The van der Waals surface area contributed by atoms with Crippen molar-refractivity contribution in [2.45, 2.75) is 362 Å². The summed E-state index contributed by atoms with van der Waals surface area (Å²) in [5, 5.41) is 0. The molecule has 0 radical (unpaired) electrons. The molecule has 416 valence electrons. The van der Waals surface area contributed by atoms with E-state index in [0.29, 0.717) is 19.3 Å². The number of esters is 3. The zero-order valence-corrected chi connectivity index (χ0v) is 48.3. The summed E-state index contributed by atoms with van der Waals surface area (Å²) < 4.78 is 17.0. The van der Waals surface area contributed by atoms with E-state index in [0.717, 1.165) is 75.5 Å². The van der Waals surface area contributed by atoms with Crippen molar-refractivity contribution in [2.24, 2.45) is 17.8 Å². The standard InChI is InChI=1S/C64H124O6/c1-58(2)50-44-38-32-26-20-14-11-9-7-8-10-12-16-25-31-37-43-49-55-64(67)70-61(57-69-63(66)54-48-42-36-30-24-19-18-22-28-34-40-46-52-60(5)6)56-68-62(65)53-47-41-35-29-23-17-13-15-21-27-33-39-45-51-59(3)4/h58-61H,7-57H2,1-6H3/t61-/m1/s1. The lowest BCUT2D eigenvalue weighted by atomic mass is 10.0. The molecule has 0 bridgehead atoms. The van der Waals surface area contributed by atoms with Crippen LogP contribution in [0.1, 0.15) is 356 Å². The van der Waals surface area contributed by atoms with Crippen molar-refractivity contribution in [3.8, 4) is 0 Å². The second-order valence-electron chi connectivity index (χ2n) is 23.5. The van der Waals surface area contributed by atoms with E-state index < -0.39 is 6.10 Å². The monoisotopic (exact) mass is 989 g/mol.